The van der Waals surface area contributed by atoms with Gasteiger partial charge >= 0.3 is 11.9 Å². The zero-order valence-corrected chi connectivity index (χ0v) is 13.7. The Labute approximate surface area is 136 Å². The van der Waals surface area contributed by atoms with Crippen molar-refractivity contribution in [2.45, 2.75) is 20.8 Å². The van der Waals surface area contributed by atoms with Gasteiger partial charge in [-0.05, 0) is 29.7 Å². The van der Waals surface area contributed by atoms with Crippen LogP contribution in [0.2, 0.25) is 0 Å². The summed E-state index contributed by atoms with van der Waals surface area (Å²) < 4.78 is 5.15. The van der Waals surface area contributed by atoms with Crippen molar-refractivity contribution in [2.75, 3.05) is 6.61 Å². The number of hydrogen-bond acceptors (Lipinski definition) is 3. The van der Waals surface area contributed by atoms with Crippen LogP contribution in [-0.2, 0) is 4.74 Å². The molecule has 0 unspecified atom stereocenters. The average Bonchev–Trinajstić information content (AvgIpc) is 2.54. The molecule has 2 aromatic carbocycles. The highest BCUT2D eigenvalue weighted by atomic mass is 16.5. The molecule has 0 spiro atoms. The van der Waals surface area contributed by atoms with E-state index in [1.807, 2.05) is 39.0 Å². The highest BCUT2D eigenvalue weighted by Crippen LogP contribution is 2.14. The number of rotatable bonds is 3. The number of carbonyl (C=O) groups excluding carboxylic acids is 1. The molecule has 4 heteroatoms. The van der Waals surface area contributed by atoms with E-state index in [0.29, 0.717) is 17.7 Å². The minimum absolute atomic E-state index is 0.0183. The number of carbonyl (C=O) groups is 2. The zero-order chi connectivity index (χ0) is 17.3. The minimum atomic E-state index is -0.879. The monoisotopic (exact) mass is 314 g/mol. The fourth-order valence-corrected chi connectivity index (χ4v) is 1.52. The van der Waals surface area contributed by atoms with Gasteiger partial charge in [-0.15, -0.1) is 0 Å². The fourth-order valence-electron chi connectivity index (χ4n) is 1.52. The van der Waals surface area contributed by atoms with Gasteiger partial charge in [-0.25, -0.2) is 9.59 Å². The van der Waals surface area contributed by atoms with Crippen molar-refractivity contribution >= 4 is 11.9 Å². The summed E-state index contributed by atoms with van der Waals surface area (Å²) in [5.74, 6) is -1.13. The molecule has 0 radical (unpaired) electrons. The summed E-state index contributed by atoms with van der Waals surface area (Å²) in [5, 5.41) is 8.38. The molecule has 0 saturated heterocycles. The van der Waals surface area contributed by atoms with Gasteiger partial charge in [0, 0.05) is 0 Å². The molecule has 0 bridgehead atoms. The van der Waals surface area contributed by atoms with Crippen molar-refractivity contribution in [3.05, 3.63) is 71.8 Å². The van der Waals surface area contributed by atoms with Crippen molar-refractivity contribution < 1.29 is 19.4 Å². The number of carboxylic acids is 1. The molecule has 0 aliphatic carbocycles. The van der Waals surface area contributed by atoms with Crippen LogP contribution in [0.5, 0.6) is 0 Å². The fraction of sp³-hybridized carbons (Fsp3) is 0.263. The summed E-state index contributed by atoms with van der Waals surface area (Å²) in [5.41, 5.74) is 0.957. The van der Waals surface area contributed by atoms with E-state index in [0.717, 1.165) is 0 Å². The third-order valence-electron chi connectivity index (χ3n) is 2.67. The van der Waals surface area contributed by atoms with E-state index in [2.05, 4.69) is 0 Å². The predicted octanol–water partition coefficient (Wildman–Crippen LogP) is 4.27. The topological polar surface area (TPSA) is 63.6 Å². The standard InChI is InChI=1S/C12H16O2.C7H6O2/c1-12(2,3)9-14-11(13)10-7-5-4-6-8-10;8-7(9)6-4-2-1-3-5-6/h4-8H,9H2,1-3H3;1-5H,(H,8,9). The van der Waals surface area contributed by atoms with Crippen LogP contribution in [0, 0.1) is 5.41 Å². The van der Waals surface area contributed by atoms with E-state index in [4.69, 9.17) is 9.84 Å². The quantitative estimate of drug-likeness (QED) is 0.859. The Morgan fingerprint density at radius 1 is 0.870 bits per heavy atom. The summed E-state index contributed by atoms with van der Waals surface area (Å²) in [4.78, 5) is 21.7. The molecule has 0 aromatic heterocycles. The van der Waals surface area contributed by atoms with Crippen molar-refractivity contribution in [2.24, 2.45) is 5.41 Å². The van der Waals surface area contributed by atoms with Gasteiger partial charge in [0.15, 0.2) is 0 Å². The van der Waals surface area contributed by atoms with Gasteiger partial charge in [0.25, 0.3) is 0 Å². The number of esters is 1. The Kier molecular flexibility index (Phi) is 7.00. The maximum absolute atomic E-state index is 11.5. The zero-order valence-electron chi connectivity index (χ0n) is 13.7. The van der Waals surface area contributed by atoms with Gasteiger partial charge in [-0.3, -0.25) is 0 Å². The smallest absolute Gasteiger partial charge is 0.338 e. The van der Waals surface area contributed by atoms with Gasteiger partial charge in [0.05, 0.1) is 17.7 Å². The van der Waals surface area contributed by atoms with Crippen molar-refractivity contribution in [1.82, 2.24) is 0 Å². The van der Waals surface area contributed by atoms with Gasteiger partial charge < -0.3 is 9.84 Å². The third-order valence-corrected chi connectivity index (χ3v) is 2.67. The molecular weight excluding hydrogens is 292 g/mol. The van der Waals surface area contributed by atoms with E-state index < -0.39 is 5.97 Å². The SMILES string of the molecule is CC(C)(C)COC(=O)c1ccccc1.O=C(O)c1ccccc1. The lowest BCUT2D eigenvalue weighted by atomic mass is 9.99. The molecule has 2 aromatic rings. The molecule has 2 rings (SSSR count). The third kappa shape index (κ3) is 7.81. The van der Waals surface area contributed by atoms with Crippen molar-refractivity contribution in [3.63, 3.8) is 0 Å². The minimum Gasteiger partial charge on any atom is -0.478 e. The molecule has 0 atom stereocenters. The summed E-state index contributed by atoms with van der Waals surface area (Å²) in [6, 6.07) is 17.3. The van der Waals surface area contributed by atoms with Crippen molar-refractivity contribution in [1.29, 1.82) is 0 Å². The molecule has 4 nitrogen and oxygen atoms in total. The summed E-state index contributed by atoms with van der Waals surface area (Å²) >= 11 is 0. The molecule has 0 saturated carbocycles. The summed E-state index contributed by atoms with van der Waals surface area (Å²) in [6.45, 7) is 6.54. The van der Waals surface area contributed by atoms with Crippen LogP contribution < -0.4 is 0 Å². The Hall–Kier alpha value is -2.62. The Morgan fingerprint density at radius 2 is 1.30 bits per heavy atom. The predicted molar refractivity (Wildman–Crippen MR) is 89.6 cm³/mol. The van der Waals surface area contributed by atoms with Crippen LogP contribution in [0.1, 0.15) is 41.5 Å². The lowest BCUT2D eigenvalue weighted by Crippen LogP contribution is -2.18. The molecule has 0 amide bonds. The highest BCUT2D eigenvalue weighted by molar-refractivity contribution is 5.89. The van der Waals surface area contributed by atoms with E-state index in [-0.39, 0.29) is 11.4 Å². The summed E-state index contributed by atoms with van der Waals surface area (Å²) in [7, 11) is 0. The Balaban J connectivity index is 0.000000253. The average molecular weight is 314 g/mol. The van der Waals surface area contributed by atoms with Crippen LogP contribution in [0.3, 0.4) is 0 Å². The molecular formula is C19H22O4. The van der Waals surface area contributed by atoms with Crippen LogP contribution in [0.25, 0.3) is 0 Å². The maximum Gasteiger partial charge on any atom is 0.338 e. The summed E-state index contributed by atoms with van der Waals surface area (Å²) in [6.07, 6.45) is 0. The van der Waals surface area contributed by atoms with E-state index >= 15 is 0 Å². The van der Waals surface area contributed by atoms with E-state index in [1.54, 1.807) is 42.5 Å². The van der Waals surface area contributed by atoms with Crippen LogP contribution in [-0.4, -0.2) is 23.7 Å². The van der Waals surface area contributed by atoms with Gasteiger partial charge in [0.2, 0.25) is 0 Å². The van der Waals surface area contributed by atoms with Crippen LogP contribution >= 0.6 is 0 Å². The molecule has 122 valence electrons. The first-order chi connectivity index (χ1) is 10.8. The molecule has 0 aliphatic heterocycles. The molecule has 0 aliphatic rings. The van der Waals surface area contributed by atoms with Gasteiger partial charge in [0.1, 0.15) is 0 Å². The molecule has 1 N–H and O–H groups in total. The first kappa shape index (κ1) is 18.4. The number of benzene rings is 2. The van der Waals surface area contributed by atoms with E-state index in [1.165, 1.54) is 0 Å². The Morgan fingerprint density at radius 3 is 1.65 bits per heavy atom. The molecule has 23 heavy (non-hydrogen) atoms. The molecule has 0 fully saturated rings. The normalized spacial score (nSPS) is 10.2. The number of ether oxygens (including phenoxy) is 1. The maximum atomic E-state index is 11.5. The second-order valence-electron chi connectivity index (χ2n) is 6.17. The number of aromatic carboxylic acids is 1. The van der Waals surface area contributed by atoms with Crippen LogP contribution in [0.4, 0.5) is 0 Å². The largest absolute Gasteiger partial charge is 0.478 e. The lowest BCUT2D eigenvalue weighted by Gasteiger charge is -2.17. The van der Waals surface area contributed by atoms with Gasteiger partial charge in [-0.2, -0.15) is 0 Å². The second kappa shape index (κ2) is 8.73. The van der Waals surface area contributed by atoms with E-state index in [9.17, 15) is 9.59 Å². The first-order valence-corrected chi connectivity index (χ1v) is 7.30. The number of hydrogen-bond donors (Lipinski definition) is 1. The first-order valence-electron chi connectivity index (χ1n) is 7.30. The van der Waals surface area contributed by atoms with Crippen LogP contribution in [0.15, 0.2) is 60.7 Å². The Bertz CT molecular complexity index is 613. The van der Waals surface area contributed by atoms with Crippen molar-refractivity contribution in [3.8, 4) is 0 Å². The highest BCUT2D eigenvalue weighted by Gasteiger charge is 2.14. The second-order valence-corrected chi connectivity index (χ2v) is 6.17. The van der Waals surface area contributed by atoms with Gasteiger partial charge in [-0.1, -0.05) is 57.2 Å². The lowest BCUT2D eigenvalue weighted by molar-refractivity contribution is 0.0366. The number of carboxylic acid groups (broad SMARTS) is 1. The molecule has 0 heterocycles.